The molecule has 13 heteroatoms. The van der Waals surface area contributed by atoms with Gasteiger partial charge in [-0.25, -0.2) is 0 Å². The summed E-state index contributed by atoms with van der Waals surface area (Å²) in [5, 5.41) is 18.2. The molecular formula is C62H105NO7S5. The van der Waals surface area contributed by atoms with E-state index in [0.717, 1.165) is 34.1 Å². The summed E-state index contributed by atoms with van der Waals surface area (Å²) in [5.74, 6) is -0.530. The number of rotatable bonds is 37. The molecule has 0 amide bonds. The van der Waals surface area contributed by atoms with E-state index in [1.165, 1.54) is 121 Å². The molecule has 1 saturated heterocycles. The van der Waals surface area contributed by atoms with Crippen LogP contribution >= 0.6 is 46.2 Å². The number of aliphatic carboxylic acids is 1. The molecule has 430 valence electrons. The van der Waals surface area contributed by atoms with Crippen molar-refractivity contribution < 1.29 is 32.0 Å². The number of nitrogens with one attached hydrogen (secondary N) is 1. The standard InChI is InChI=1S/C62H105NO7S5/c1-13-15-17-19-21-23-25-27-29-31-33-49-34-36-50(37-35-49)51(43-59(6,7)55(64)65)44-62(12,56(66)70-52-45-60(8,9)63-61(10,11)46-52)47-54(73-57(71)72-40-32-30-28-26-24-22-20-18-16-14-2)74-41-38-53(39-42-74)75(67,68)69-48-58(3,4)5/h34-39,41-42,51-52,54,63H,13-33,40,43-48H2,1-12H3,(H,64,65). The number of benzene rings is 1. The maximum Gasteiger partial charge on any atom is 0.312 e. The Morgan fingerprint density at radius 3 is 1.75 bits per heavy atom. The van der Waals surface area contributed by atoms with Crippen molar-refractivity contribution in [1.82, 2.24) is 5.32 Å². The number of ether oxygens (including phenoxy) is 1. The fourth-order valence-corrected chi connectivity index (χ4v) is 17.7. The van der Waals surface area contributed by atoms with Crippen molar-refractivity contribution in [1.29, 1.82) is 0 Å². The van der Waals surface area contributed by atoms with Crippen molar-refractivity contribution in [2.75, 3.05) is 12.4 Å². The summed E-state index contributed by atoms with van der Waals surface area (Å²) < 4.78 is 39.7. The summed E-state index contributed by atoms with van der Waals surface area (Å²) in [5.41, 5.74) is -0.717. The smallest absolute Gasteiger partial charge is 0.312 e. The number of piperidine rings is 1. The Hall–Kier alpha value is -1.48. The number of unbranched alkanes of at least 4 members (excludes halogenated alkanes) is 18. The molecule has 0 saturated carbocycles. The van der Waals surface area contributed by atoms with Gasteiger partial charge in [-0.15, -0.1) is 22.2 Å². The quantitative estimate of drug-likeness (QED) is 0.0287. The van der Waals surface area contributed by atoms with E-state index in [4.69, 9.17) is 21.1 Å². The molecule has 4 atom stereocenters. The van der Waals surface area contributed by atoms with E-state index in [-0.39, 0.29) is 50.6 Å². The zero-order valence-corrected chi connectivity index (χ0v) is 53.2. The molecule has 75 heavy (non-hydrogen) atoms. The van der Waals surface area contributed by atoms with Gasteiger partial charge in [0.1, 0.15) is 9.63 Å². The summed E-state index contributed by atoms with van der Waals surface area (Å²) in [7, 11) is -4.65. The molecule has 2 aliphatic rings. The molecule has 1 fully saturated rings. The Balaban J connectivity index is 1.99. The number of esters is 1. The monoisotopic (exact) mass is 1140 g/mol. The van der Waals surface area contributed by atoms with Gasteiger partial charge in [-0.1, -0.05) is 198 Å². The number of carbonyl (C=O) groups excluding carboxylic acids is 1. The van der Waals surface area contributed by atoms with Gasteiger partial charge >= 0.3 is 11.9 Å². The summed E-state index contributed by atoms with van der Waals surface area (Å²) in [4.78, 5) is 28.5. The molecule has 1 aromatic rings. The van der Waals surface area contributed by atoms with Gasteiger partial charge in [-0.2, -0.15) is 8.42 Å². The van der Waals surface area contributed by atoms with Crippen molar-refractivity contribution >= 4 is 77.2 Å². The highest BCUT2D eigenvalue weighted by atomic mass is 32.3. The molecule has 2 aliphatic heterocycles. The maximum absolute atomic E-state index is 15.4. The van der Waals surface area contributed by atoms with Crippen molar-refractivity contribution in [3.63, 3.8) is 0 Å². The molecule has 0 spiro atoms. The van der Waals surface area contributed by atoms with Crippen molar-refractivity contribution in [3.05, 3.63) is 57.9 Å². The van der Waals surface area contributed by atoms with Crippen LogP contribution in [0.4, 0.5) is 0 Å². The van der Waals surface area contributed by atoms with Gasteiger partial charge in [0, 0.05) is 23.9 Å². The van der Waals surface area contributed by atoms with E-state index in [9.17, 15) is 18.3 Å². The number of carboxylic acids is 1. The lowest BCUT2D eigenvalue weighted by Gasteiger charge is -2.46. The summed E-state index contributed by atoms with van der Waals surface area (Å²) in [6.45, 7) is 24.6. The second kappa shape index (κ2) is 33.3. The molecule has 1 aromatic carbocycles. The molecule has 2 N–H and O–H groups in total. The molecule has 2 heterocycles. The van der Waals surface area contributed by atoms with Gasteiger partial charge in [-0.3, -0.25) is 13.8 Å². The van der Waals surface area contributed by atoms with Gasteiger partial charge in [0.15, 0.2) is 0 Å². The lowest BCUT2D eigenvalue weighted by atomic mass is 9.70. The number of aryl methyl sites for hydroxylation is 1. The van der Waals surface area contributed by atoms with Crippen LogP contribution in [0, 0.1) is 16.2 Å². The highest BCUT2D eigenvalue weighted by molar-refractivity contribution is 8.50. The van der Waals surface area contributed by atoms with E-state index in [1.54, 1.807) is 49.5 Å². The average molecular weight is 1140 g/mol. The second-order valence-corrected chi connectivity index (χ2v) is 32.9. The first-order chi connectivity index (χ1) is 35.2. The Labute approximate surface area is 475 Å². The van der Waals surface area contributed by atoms with Gasteiger partial charge in [0.25, 0.3) is 10.1 Å². The topological polar surface area (TPSA) is 119 Å². The van der Waals surface area contributed by atoms with Crippen LogP contribution in [0.5, 0.6) is 0 Å². The first-order valence-corrected chi connectivity index (χ1v) is 34.3. The van der Waals surface area contributed by atoms with E-state index >= 15 is 4.79 Å². The third-order valence-corrected chi connectivity index (χ3v) is 21.3. The van der Waals surface area contributed by atoms with E-state index in [2.05, 4.69) is 71.1 Å². The maximum atomic E-state index is 15.4. The summed E-state index contributed by atoms with van der Waals surface area (Å²) in [6, 6.07) is 8.73. The minimum atomic E-state index is -4.01. The van der Waals surface area contributed by atoms with Crippen LogP contribution in [-0.4, -0.2) is 68.5 Å². The Bertz CT molecular complexity index is 2070. The summed E-state index contributed by atoms with van der Waals surface area (Å²) in [6.07, 6.45) is 31.9. The molecule has 0 aromatic heterocycles. The van der Waals surface area contributed by atoms with E-state index < -0.39 is 37.4 Å². The summed E-state index contributed by atoms with van der Waals surface area (Å²) >= 11 is 9.49. The van der Waals surface area contributed by atoms with Crippen LogP contribution in [-0.2, 0) is 35.0 Å². The second-order valence-electron chi connectivity index (χ2n) is 25.6. The molecule has 0 bridgehead atoms. The third-order valence-electron chi connectivity index (χ3n) is 14.8. The lowest BCUT2D eigenvalue weighted by molar-refractivity contribution is -0.166. The van der Waals surface area contributed by atoms with Gasteiger partial charge in [0.05, 0.1) is 26.9 Å². The number of hydrogen-bond donors (Lipinski definition) is 2. The number of thiocarbonyl (C=S) groups is 1. The van der Waals surface area contributed by atoms with Crippen LogP contribution in [0.3, 0.4) is 0 Å². The highest BCUT2D eigenvalue weighted by Crippen LogP contribution is 2.50. The normalized spacial score (nSPS) is 18.7. The average Bonchev–Trinajstić information content (AvgIpc) is 3.31. The molecule has 0 radical (unpaired) electrons. The van der Waals surface area contributed by atoms with Crippen molar-refractivity contribution in [2.24, 2.45) is 16.2 Å². The van der Waals surface area contributed by atoms with Crippen LogP contribution in [0.2, 0.25) is 0 Å². The third kappa shape index (κ3) is 27.0. The predicted molar refractivity (Wildman–Crippen MR) is 332 cm³/mol. The molecule has 0 aliphatic carbocycles. The Morgan fingerprint density at radius 2 is 1.27 bits per heavy atom. The number of allylic oxidation sites excluding steroid dienone is 2. The van der Waals surface area contributed by atoms with Crippen LogP contribution < -0.4 is 5.32 Å². The minimum Gasteiger partial charge on any atom is -0.481 e. The number of carboxylic acid groups (broad SMARTS) is 1. The van der Waals surface area contributed by atoms with E-state index in [0.29, 0.717) is 32.1 Å². The highest BCUT2D eigenvalue weighted by Gasteiger charge is 2.46. The van der Waals surface area contributed by atoms with Gasteiger partial charge < -0.3 is 15.2 Å². The SMILES string of the molecule is CCCCCCCCCCCCSC(=S)SC(CC(C)(CC(CC(C)(C)C(=O)O)c1ccc(CCCCCCCCCCCC)cc1)C(=O)OC1CC(C)(C)NC(C)(C)C1)S1=CC=C(S(=O)(=O)OCC(C)(C)C)C=C1. The van der Waals surface area contributed by atoms with Gasteiger partial charge in [0.2, 0.25) is 0 Å². The zero-order valence-electron chi connectivity index (χ0n) is 49.1. The van der Waals surface area contributed by atoms with Crippen molar-refractivity contribution in [3.8, 4) is 0 Å². The van der Waals surface area contributed by atoms with Crippen LogP contribution in [0.15, 0.2) is 46.7 Å². The minimum absolute atomic E-state index is 0.0586. The predicted octanol–water partition coefficient (Wildman–Crippen LogP) is 18.2. The lowest BCUT2D eigenvalue weighted by Crippen LogP contribution is -2.60. The zero-order chi connectivity index (χ0) is 55.8. The Kier molecular flexibility index (Phi) is 30.1. The van der Waals surface area contributed by atoms with E-state index in [1.807, 2.05) is 38.5 Å². The van der Waals surface area contributed by atoms with Crippen LogP contribution in [0.25, 0.3) is 0 Å². The fraction of sp³-hybridized carbons (Fsp3) is 0.774. The largest absolute Gasteiger partial charge is 0.481 e. The fourth-order valence-electron chi connectivity index (χ4n) is 10.7. The molecular weight excluding hydrogens is 1030 g/mol. The number of thioether (sulfide) groups is 2. The Morgan fingerprint density at radius 1 is 0.760 bits per heavy atom. The first kappa shape index (κ1) is 67.8. The number of hydrogen-bond acceptors (Lipinski definition) is 10. The number of carbonyl (C=O) groups is 2. The van der Waals surface area contributed by atoms with Crippen LogP contribution in [0.1, 0.15) is 261 Å². The van der Waals surface area contributed by atoms with Crippen molar-refractivity contribution in [2.45, 2.75) is 278 Å². The molecule has 4 unspecified atom stereocenters. The van der Waals surface area contributed by atoms with Gasteiger partial charge in [-0.05, 0) is 138 Å². The molecule has 8 nitrogen and oxygen atoms in total. The first-order valence-electron chi connectivity index (χ1n) is 29.2. The molecule has 3 rings (SSSR count).